The van der Waals surface area contributed by atoms with E-state index in [0.29, 0.717) is 24.3 Å². The molecule has 166 valence electrons. The number of sulfone groups is 1. The van der Waals surface area contributed by atoms with Crippen molar-refractivity contribution >= 4 is 21.7 Å². The van der Waals surface area contributed by atoms with Crippen LogP contribution in [0.15, 0.2) is 54.6 Å². The normalized spacial score (nSPS) is 18.2. The number of hydrogen-bond donors (Lipinski definition) is 0. The Labute approximate surface area is 182 Å². The molecule has 0 radical (unpaired) electrons. The highest BCUT2D eigenvalue weighted by molar-refractivity contribution is 7.91. The first-order valence-corrected chi connectivity index (χ1v) is 12.1. The maximum atomic E-state index is 12.8. The zero-order chi connectivity index (χ0) is 22.4. The Bertz CT molecular complexity index is 1020. The first-order valence-electron chi connectivity index (χ1n) is 10.3. The van der Waals surface area contributed by atoms with Crippen molar-refractivity contribution in [1.82, 2.24) is 4.90 Å². The van der Waals surface area contributed by atoms with Gasteiger partial charge < -0.3 is 14.4 Å². The molecule has 0 aliphatic carbocycles. The topological polar surface area (TPSA) is 90.0 Å². The van der Waals surface area contributed by atoms with Gasteiger partial charge in [-0.25, -0.2) is 13.2 Å². The van der Waals surface area contributed by atoms with Crippen LogP contribution < -0.4 is 4.74 Å². The maximum absolute atomic E-state index is 12.8. The predicted octanol–water partition coefficient (Wildman–Crippen LogP) is 3.45. The van der Waals surface area contributed by atoms with Gasteiger partial charge in [-0.05, 0) is 50.1 Å². The standard InChI is InChI=1S/C23H27NO6S/c1-3-17(2)24(19-12-13-31(27,28)16-19)22(25)15-29-23(26)18-8-7-11-21(14-18)30-20-9-5-4-6-10-20/h4-11,14,17,19H,3,12-13,15-16H2,1-2H3. The highest BCUT2D eigenvalue weighted by Crippen LogP contribution is 2.23. The van der Waals surface area contributed by atoms with Gasteiger partial charge in [-0.1, -0.05) is 31.2 Å². The second-order valence-corrected chi connectivity index (χ2v) is 9.86. The van der Waals surface area contributed by atoms with Crippen LogP contribution in [-0.2, 0) is 19.4 Å². The molecule has 2 unspecified atom stereocenters. The Morgan fingerprint density at radius 3 is 2.45 bits per heavy atom. The van der Waals surface area contributed by atoms with E-state index in [0.717, 1.165) is 0 Å². The lowest BCUT2D eigenvalue weighted by Crippen LogP contribution is -2.48. The molecule has 1 amide bonds. The van der Waals surface area contributed by atoms with Crippen molar-refractivity contribution in [3.8, 4) is 11.5 Å². The summed E-state index contributed by atoms with van der Waals surface area (Å²) in [6, 6.07) is 15.2. The van der Waals surface area contributed by atoms with E-state index in [1.165, 1.54) is 0 Å². The molecule has 2 aromatic carbocycles. The smallest absolute Gasteiger partial charge is 0.338 e. The van der Waals surface area contributed by atoms with Crippen LogP contribution in [-0.4, -0.2) is 55.4 Å². The number of carbonyl (C=O) groups is 2. The zero-order valence-electron chi connectivity index (χ0n) is 17.7. The van der Waals surface area contributed by atoms with Crippen molar-refractivity contribution < 1.29 is 27.5 Å². The number of benzene rings is 2. The van der Waals surface area contributed by atoms with E-state index in [-0.39, 0.29) is 35.1 Å². The number of para-hydroxylation sites is 1. The number of hydrogen-bond acceptors (Lipinski definition) is 6. The lowest BCUT2D eigenvalue weighted by molar-refractivity contribution is -0.138. The van der Waals surface area contributed by atoms with Gasteiger partial charge in [-0.2, -0.15) is 0 Å². The van der Waals surface area contributed by atoms with Crippen LogP contribution in [0.1, 0.15) is 37.0 Å². The molecule has 0 saturated carbocycles. The van der Waals surface area contributed by atoms with E-state index in [9.17, 15) is 18.0 Å². The van der Waals surface area contributed by atoms with Crippen LogP contribution in [0, 0.1) is 0 Å². The zero-order valence-corrected chi connectivity index (χ0v) is 18.5. The minimum absolute atomic E-state index is 0.0457. The molecule has 0 bridgehead atoms. The molecule has 3 rings (SSSR count). The van der Waals surface area contributed by atoms with Crippen molar-refractivity contribution in [2.45, 2.75) is 38.8 Å². The van der Waals surface area contributed by atoms with Gasteiger partial charge in [-0.3, -0.25) is 4.79 Å². The maximum Gasteiger partial charge on any atom is 0.338 e. The van der Waals surface area contributed by atoms with Crippen LogP contribution >= 0.6 is 0 Å². The van der Waals surface area contributed by atoms with Gasteiger partial charge >= 0.3 is 5.97 Å². The summed E-state index contributed by atoms with van der Waals surface area (Å²) in [5, 5.41) is 0. The van der Waals surface area contributed by atoms with Crippen LogP contribution in [0.2, 0.25) is 0 Å². The van der Waals surface area contributed by atoms with Crippen molar-refractivity contribution in [3.05, 3.63) is 60.2 Å². The second kappa shape index (κ2) is 9.96. The molecular weight excluding hydrogens is 418 g/mol. The van der Waals surface area contributed by atoms with Crippen molar-refractivity contribution in [2.24, 2.45) is 0 Å². The highest BCUT2D eigenvalue weighted by atomic mass is 32.2. The van der Waals surface area contributed by atoms with E-state index in [1.807, 2.05) is 32.0 Å². The summed E-state index contributed by atoms with van der Waals surface area (Å²) in [5.74, 6) is 0.113. The molecule has 0 N–H and O–H groups in total. The molecule has 2 aromatic rings. The van der Waals surface area contributed by atoms with Gasteiger partial charge in [0.05, 0.1) is 17.1 Å². The quantitative estimate of drug-likeness (QED) is 0.578. The number of carbonyl (C=O) groups excluding carboxylic acids is 2. The predicted molar refractivity (Wildman–Crippen MR) is 117 cm³/mol. The minimum Gasteiger partial charge on any atom is -0.457 e. The molecule has 0 aromatic heterocycles. The lowest BCUT2D eigenvalue weighted by Gasteiger charge is -2.33. The molecule has 2 atom stereocenters. The van der Waals surface area contributed by atoms with Gasteiger partial charge in [0.15, 0.2) is 16.4 Å². The summed E-state index contributed by atoms with van der Waals surface area (Å²) in [6.45, 7) is 3.36. The minimum atomic E-state index is -3.14. The van der Waals surface area contributed by atoms with E-state index >= 15 is 0 Å². The Morgan fingerprint density at radius 2 is 1.81 bits per heavy atom. The molecule has 7 nitrogen and oxygen atoms in total. The Morgan fingerprint density at radius 1 is 1.10 bits per heavy atom. The fourth-order valence-corrected chi connectivity index (χ4v) is 5.31. The number of nitrogens with zero attached hydrogens (tertiary/aromatic N) is 1. The van der Waals surface area contributed by atoms with Crippen molar-refractivity contribution in [1.29, 1.82) is 0 Å². The molecule has 31 heavy (non-hydrogen) atoms. The third-order valence-corrected chi connectivity index (χ3v) is 7.08. The number of esters is 1. The fraction of sp³-hybridized carbons (Fsp3) is 0.391. The summed E-state index contributed by atoms with van der Waals surface area (Å²) in [5.41, 5.74) is 0.264. The summed E-state index contributed by atoms with van der Waals surface area (Å²) < 4.78 is 34.7. The number of rotatable bonds is 8. The van der Waals surface area contributed by atoms with Gasteiger partial charge in [0, 0.05) is 12.1 Å². The molecule has 8 heteroatoms. The Balaban J connectivity index is 1.63. The largest absolute Gasteiger partial charge is 0.457 e. The summed E-state index contributed by atoms with van der Waals surface area (Å²) in [7, 11) is -3.14. The monoisotopic (exact) mass is 445 g/mol. The average molecular weight is 446 g/mol. The van der Waals surface area contributed by atoms with Crippen molar-refractivity contribution in [2.75, 3.05) is 18.1 Å². The SMILES string of the molecule is CCC(C)N(C(=O)COC(=O)c1cccc(Oc2ccccc2)c1)C1CCS(=O)(=O)C1. The Hall–Kier alpha value is -2.87. The highest BCUT2D eigenvalue weighted by Gasteiger charge is 2.36. The first kappa shape index (κ1) is 22.8. The van der Waals surface area contributed by atoms with E-state index in [1.54, 1.807) is 41.3 Å². The van der Waals surface area contributed by atoms with E-state index in [2.05, 4.69) is 0 Å². The molecule has 0 spiro atoms. The molecule has 1 aliphatic rings. The lowest BCUT2D eigenvalue weighted by atomic mass is 10.1. The molecule has 1 aliphatic heterocycles. The molecule has 1 heterocycles. The number of amides is 1. The first-order chi connectivity index (χ1) is 14.8. The summed E-state index contributed by atoms with van der Waals surface area (Å²) in [4.78, 5) is 26.9. The molecule has 1 saturated heterocycles. The van der Waals surface area contributed by atoms with Gasteiger partial charge in [0.1, 0.15) is 11.5 Å². The Kier molecular flexibility index (Phi) is 7.33. The molecule has 1 fully saturated rings. The second-order valence-electron chi connectivity index (χ2n) is 7.63. The number of ether oxygens (including phenoxy) is 2. The van der Waals surface area contributed by atoms with Crippen LogP contribution in [0.3, 0.4) is 0 Å². The van der Waals surface area contributed by atoms with E-state index in [4.69, 9.17) is 9.47 Å². The fourth-order valence-electron chi connectivity index (χ4n) is 3.60. The summed E-state index contributed by atoms with van der Waals surface area (Å²) in [6.07, 6.45) is 1.08. The average Bonchev–Trinajstić information content (AvgIpc) is 3.12. The van der Waals surface area contributed by atoms with Crippen molar-refractivity contribution in [3.63, 3.8) is 0 Å². The van der Waals surface area contributed by atoms with Gasteiger partial charge in [-0.15, -0.1) is 0 Å². The third kappa shape index (κ3) is 6.07. The van der Waals surface area contributed by atoms with Gasteiger partial charge in [0.25, 0.3) is 5.91 Å². The van der Waals surface area contributed by atoms with Gasteiger partial charge in [0.2, 0.25) is 0 Å². The summed E-state index contributed by atoms with van der Waals surface area (Å²) >= 11 is 0. The van der Waals surface area contributed by atoms with E-state index < -0.39 is 22.4 Å². The van der Waals surface area contributed by atoms with Crippen LogP contribution in [0.5, 0.6) is 11.5 Å². The third-order valence-electron chi connectivity index (χ3n) is 5.33. The van der Waals surface area contributed by atoms with Crippen LogP contribution in [0.4, 0.5) is 0 Å². The molecular formula is C23H27NO6S. The van der Waals surface area contributed by atoms with Crippen LogP contribution in [0.25, 0.3) is 0 Å².